The minimum atomic E-state index is -0.402. The maximum absolute atomic E-state index is 13.3. The molecule has 3 heterocycles. The topological polar surface area (TPSA) is 68.5 Å². The molecule has 2 amide bonds. The molecule has 0 spiro atoms. The van der Waals surface area contributed by atoms with Gasteiger partial charge in [0, 0.05) is 35.4 Å². The molecule has 6 rings (SSSR count). The number of aryl methyl sites for hydroxylation is 1. The summed E-state index contributed by atoms with van der Waals surface area (Å²) in [5.41, 5.74) is 4.37. The number of rotatable bonds is 9. The highest BCUT2D eigenvalue weighted by Crippen LogP contribution is 2.37. The van der Waals surface area contributed by atoms with Crippen molar-refractivity contribution < 1.29 is 14.3 Å². The number of hydrogen-bond acceptors (Lipinski definition) is 4. The van der Waals surface area contributed by atoms with Crippen LogP contribution in [0.5, 0.6) is 5.75 Å². The third-order valence-electron chi connectivity index (χ3n) is 7.12. The van der Waals surface area contributed by atoms with Crippen LogP contribution in [0.2, 0.25) is 0 Å². The van der Waals surface area contributed by atoms with Crippen molar-refractivity contribution in [1.82, 2.24) is 19.4 Å². The molecule has 0 saturated carbocycles. The van der Waals surface area contributed by atoms with Gasteiger partial charge in [-0.1, -0.05) is 48.5 Å². The zero-order valence-electron chi connectivity index (χ0n) is 22.1. The Morgan fingerprint density at radius 2 is 1.67 bits per heavy atom. The second kappa shape index (κ2) is 10.3. The summed E-state index contributed by atoms with van der Waals surface area (Å²) in [5.74, 6) is -0.0889. The van der Waals surface area contributed by atoms with Crippen molar-refractivity contribution in [3.8, 4) is 5.75 Å². The molecule has 7 heteroatoms. The first kappa shape index (κ1) is 24.7. The lowest BCUT2D eigenvalue weighted by Crippen LogP contribution is -2.23. The van der Waals surface area contributed by atoms with Gasteiger partial charge in [-0.05, 0) is 68.3 Å². The van der Waals surface area contributed by atoms with Gasteiger partial charge in [0.2, 0.25) is 0 Å². The van der Waals surface area contributed by atoms with E-state index in [-0.39, 0.29) is 0 Å². The third kappa shape index (κ3) is 4.73. The lowest BCUT2D eigenvalue weighted by atomic mass is 10.0. The average molecular weight is 519 g/mol. The van der Waals surface area contributed by atoms with E-state index >= 15 is 0 Å². The number of amides is 2. The number of carbonyl (C=O) groups excluding carboxylic acids is 2. The fourth-order valence-electron chi connectivity index (χ4n) is 5.25. The van der Waals surface area contributed by atoms with Crippen LogP contribution in [0.1, 0.15) is 17.5 Å². The van der Waals surface area contributed by atoms with Crippen molar-refractivity contribution in [3.63, 3.8) is 0 Å². The van der Waals surface area contributed by atoms with Gasteiger partial charge in [0.1, 0.15) is 18.1 Å². The summed E-state index contributed by atoms with van der Waals surface area (Å²) in [6, 6.07) is 25.8. The number of imide groups is 1. The molecular weight excluding hydrogens is 488 g/mol. The van der Waals surface area contributed by atoms with Crippen LogP contribution in [0.25, 0.3) is 33.1 Å². The minimum Gasteiger partial charge on any atom is -0.489 e. The Hall–Kier alpha value is -4.62. The fraction of sp³-hybridized carbons (Fsp3) is 0.188. The molecule has 3 aromatic carbocycles. The molecular formula is C32H30N4O3. The zero-order chi connectivity index (χ0) is 26.9. The average Bonchev–Trinajstić information content (AvgIpc) is 3.60. The lowest BCUT2D eigenvalue weighted by Gasteiger charge is -2.11. The molecule has 196 valence electrons. The molecule has 7 nitrogen and oxygen atoms in total. The number of aromatic nitrogens is 2. The molecule has 0 aliphatic carbocycles. The van der Waals surface area contributed by atoms with Crippen LogP contribution >= 0.6 is 0 Å². The van der Waals surface area contributed by atoms with E-state index in [4.69, 9.17) is 4.74 Å². The van der Waals surface area contributed by atoms with Gasteiger partial charge in [-0.25, -0.2) is 0 Å². The summed E-state index contributed by atoms with van der Waals surface area (Å²) in [4.78, 5) is 28.7. The predicted molar refractivity (Wildman–Crippen MR) is 154 cm³/mol. The maximum Gasteiger partial charge on any atom is 0.275 e. The number of carbonyl (C=O) groups is 2. The molecule has 1 aliphatic heterocycles. The molecule has 5 aromatic rings. The highest BCUT2D eigenvalue weighted by atomic mass is 16.5. The Bertz CT molecular complexity index is 1730. The molecule has 0 saturated heterocycles. The van der Waals surface area contributed by atoms with Crippen LogP contribution in [0.15, 0.2) is 91.3 Å². The van der Waals surface area contributed by atoms with Crippen LogP contribution in [-0.2, 0) is 22.7 Å². The van der Waals surface area contributed by atoms with Gasteiger partial charge in [0.05, 0.1) is 11.1 Å². The molecule has 0 atom stereocenters. The largest absolute Gasteiger partial charge is 0.489 e. The molecule has 0 bridgehead atoms. The number of nitrogens with zero attached hydrogens (tertiary/aromatic N) is 3. The normalized spacial score (nSPS) is 13.7. The molecule has 39 heavy (non-hydrogen) atoms. The summed E-state index contributed by atoms with van der Waals surface area (Å²) in [7, 11) is 4.12. The van der Waals surface area contributed by atoms with E-state index in [0.717, 1.165) is 52.4 Å². The van der Waals surface area contributed by atoms with Crippen molar-refractivity contribution in [2.24, 2.45) is 0 Å². The Labute approximate surface area is 226 Å². The van der Waals surface area contributed by atoms with Gasteiger partial charge < -0.3 is 18.8 Å². The molecule has 0 fully saturated rings. The lowest BCUT2D eigenvalue weighted by molar-refractivity contribution is -0.122. The van der Waals surface area contributed by atoms with E-state index < -0.39 is 11.8 Å². The van der Waals surface area contributed by atoms with Gasteiger partial charge >= 0.3 is 0 Å². The second-order valence-corrected chi connectivity index (χ2v) is 10.1. The molecule has 1 aliphatic rings. The first-order chi connectivity index (χ1) is 19.0. The van der Waals surface area contributed by atoms with Crippen LogP contribution in [0.4, 0.5) is 0 Å². The van der Waals surface area contributed by atoms with E-state index in [1.807, 2.05) is 95.8 Å². The molecule has 1 N–H and O–H groups in total. The van der Waals surface area contributed by atoms with E-state index in [9.17, 15) is 9.59 Å². The first-order valence-corrected chi connectivity index (χ1v) is 13.1. The Kier molecular flexibility index (Phi) is 6.50. The van der Waals surface area contributed by atoms with Crippen molar-refractivity contribution in [2.75, 3.05) is 20.6 Å². The van der Waals surface area contributed by atoms with Crippen LogP contribution in [0.3, 0.4) is 0 Å². The number of para-hydroxylation sites is 1. The highest BCUT2D eigenvalue weighted by Gasteiger charge is 2.35. The zero-order valence-corrected chi connectivity index (χ0v) is 22.1. The van der Waals surface area contributed by atoms with Crippen molar-refractivity contribution in [3.05, 3.63) is 102 Å². The summed E-state index contributed by atoms with van der Waals surface area (Å²) in [6.07, 6.45) is 4.80. The van der Waals surface area contributed by atoms with E-state index in [1.165, 1.54) is 0 Å². The van der Waals surface area contributed by atoms with E-state index in [1.54, 1.807) is 0 Å². The summed E-state index contributed by atoms with van der Waals surface area (Å²) in [6.45, 7) is 2.16. The Balaban J connectivity index is 1.48. The molecule has 0 radical (unpaired) electrons. The fourth-order valence-corrected chi connectivity index (χ4v) is 5.25. The van der Waals surface area contributed by atoms with Gasteiger partial charge in [-0.2, -0.15) is 0 Å². The van der Waals surface area contributed by atoms with Crippen molar-refractivity contribution >= 4 is 44.9 Å². The Morgan fingerprint density at radius 1 is 0.872 bits per heavy atom. The van der Waals surface area contributed by atoms with Gasteiger partial charge in [-0.3, -0.25) is 14.9 Å². The molecule has 0 unspecified atom stereocenters. The SMILES string of the molecule is CN(C)CCCn1cc(C2=C(n3ccc4ccccc43)C(=O)NC2=O)c2cc(OCc3ccccc3)ccc21. The Morgan fingerprint density at radius 3 is 2.49 bits per heavy atom. The van der Waals surface area contributed by atoms with Gasteiger partial charge in [0.15, 0.2) is 0 Å². The standard InChI is InChI=1S/C32H30N4O3/c1-34(2)16-8-17-35-20-26(25-19-24(13-14-28(25)35)39-21-22-9-4-3-5-10-22)29-30(32(38)33-31(29)37)36-18-15-23-11-6-7-12-27(23)36/h3-7,9-15,18-20H,8,16-17,21H2,1-2H3,(H,33,37,38). The predicted octanol–water partition coefficient (Wildman–Crippen LogP) is 5.15. The van der Waals surface area contributed by atoms with Crippen LogP contribution < -0.4 is 10.1 Å². The van der Waals surface area contributed by atoms with Crippen molar-refractivity contribution in [1.29, 1.82) is 0 Å². The monoisotopic (exact) mass is 518 g/mol. The smallest absolute Gasteiger partial charge is 0.275 e. The van der Waals surface area contributed by atoms with Crippen molar-refractivity contribution in [2.45, 2.75) is 19.6 Å². The maximum atomic E-state index is 13.3. The number of nitrogens with one attached hydrogen (secondary N) is 1. The van der Waals surface area contributed by atoms with E-state index in [2.05, 4.69) is 28.9 Å². The van der Waals surface area contributed by atoms with E-state index in [0.29, 0.717) is 23.6 Å². The quantitative estimate of drug-likeness (QED) is 0.274. The number of ether oxygens (including phenoxy) is 1. The third-order valence-corrected chi connectivity index (χ3v) is 7.12. The van der Waals surface area contributed by atoms with Gasteiger partial charge in [0.25, 0.3) is 11.8 Å². The number of hydrogen-bond donors (Lipinski definition) is 1. The molecule has 2 aromatic heterocycles. The second-order valence-electron chi connectivity index (χ2n) is 10.1. The summed E-state index contributed by atoms with van der Waals surface area (Å²) >= 11 is 0. The summed E-state index contributed by atoms with van der Waals surface area (Å²) in [5, 5.41) is 4.42. The van der Waals surface area contributed by atoms with Crippen LogP contribution in [0, 0.1) is 0 Å². The first-order valence-electron chi connectivity index (χ1n) is 13.1. The number of benzene rings is 3. The summed E-state index contributed by atoms with van der Waals surface area (Å²) < 4.78 is 10.1. The highest BCUT2D eigenvalue weighted by molar-refractivity contribution is 6.47. The van der Waals surface area contributed by atoms with Gasteiger partial charge in [-0.15, -0.1) is 0 Å². The van der Waals surface area contributed by atoms with Crippen LogP contribution in [-0.4, -0.2) is 46.5 Å². The minimum absolute atomic E-state index is 0.337. The number of fused-ring (bicyclic) bond motifs is 2.